The average Bonchev–Trinajstić information content (AvgIpc) is 3.18. The zero-order valence-electron chi connectivity index (χ0n) is 15.9. The molecule has 2 aromatic heterocycles. The fraction of sp³-hybridized carbons (Fsp3) is 0.0952. The van der Waals surface area contributed by atoms with E-state index in [9.17, 15) is 19.1 Å². The van der Waals surface area contributed by atoms with E-state index in [0.29, 0.717) is 36.1 Å². The number of benzene rings is 2. The minimum Gasteiger partial charge on any atom is -0.506 e. The van der Waals surface area contributed by atoms with Gasteiger partial charge in [-0.1, -0.05) is 0 Å². The monoisotopic (exact) mass is 422 g/mol. The molecule has 0 spiro atoms. The molecule has 0 saturated carbocycles. The summed E-state index contributed by atoms with van der Waals surface area (Å²) in [5.41, 5.74) is -0.245. The highest BCUT2D eigenvalue weighted by atomic mass is 19.1. The van der Waals surface area contributed by atoms with E-state index in [1.807, 2.05) is 0 Å². The van der Waals surface area contributed by atoms with Gasteiger partial charge in [-0.15, -0.1) is 0 Å². The molecule has 0 aliphatic carbocycles. The normalized spacial score (nSPS) is 12.7. The number of rotatable bonds is 3. The smallest absolute Gasteiger partial charge is 0.266 e. The molecule has 1 amide bonds. The van der Waals surface area contributed by atoms with Crippen LogP contribution in [0.4, 0.5) is 10.1 Å². The first kappa shape index (κ1) is 18.7. The van der Waals surface area contributed by atoms with E-state index in [2.05, 4.69) is 15.4 Å². The SMILES string of the molecule is O=C(Nc1ccc2c(c1)OCCO2)c1c(O)c2cnn(-c3ccc(F)cc3)c2[nH]c1=O. The molecule has 9 nitrogen and oxygen atoms in total. The molecule has 31 heavy (non-hydrogen) atoms. The van der Waals surface area contributed by atoms with Gasteiger partial charge in [-0.25, -0.2) is 9.07 Å². The number of carbonyl (C=O) groups excluding carboxylic acids is 1. The molecule has 5 rings (SSSR count). The van der Waals surface area contributed by atoms with E-state index in [-0.39, 0.29) is 11.0 Å². The number of H-pyrrole nitrogens is 1. The number of nitrogens with one attached hydrogen (secondary N) is 2. The first-order valence-corrected chi connectivity index (χ1v) is 9.31. The Hall–Kier alpha value is -4.34. The lowest BCUT2D eigenvalue weighted by Gasteiger charge is -2.19. The van der Waals surface area contributed by atoms with Gasteiger partial charge in [0.05, 0.1) is 17.3 Å². The number of aromatic hydroxyl groups is 1. The van der Waals surface area contributed by atoms with Crippen LogP contribution < -0.4 is 20.3 Å². The van der Waals surface area contributed by atoms with Crippen LogP contribution in [0.3, 0.4) is 0 Å². The predicted molar refractivity (Wildman–Crippen MR) is 109 cm³/mol. The summed E-state index contributed by atoms with van der Waals surface area (Å²) < 4.78 is 25.4. The molecular weight excluding hydrogens is 407 g/mol. The number of hydrogen-bond acceptors (Lipinski definition) is 6. The minimum absolute atomic E-state index is 0.163. The fourth-order valence-corrected chi connectivity index (χ4v) is 3.36. The second-order valence-corrected chi connectivity index (χ2v) is 6.79. The highest BCUT2D eigenvalue weighted by molar-refractivity contribution is 6.08. The number of pyridine rings is 1. The summed E-state index contributed by atoms with van der Waals surface area (Å²) >= 11 is 0. The molecule has 1 aliphatic heterocycles. The van der Waals surface area contributed by atoms with Crippen molar-refractivity contribution >= 4 is 22.6 Å². The summed E-state index contributed by atoms with van der Waals surface area (Å²) in [4.78, 5) is 27.9. The van der Waals surface area contributed by atoms with Crippen LogP contribution in [0.25, 0.3) is 16.7 Å². The zero-order valence-corrected chi connectivity index (χ0v) is 15.9. The Morgan fingerprint density at radius 1 is 1.13 bits per heavy atom. The van der Waals surface area contributed by atoms with Crippen molar-refractivity contribution in [3.8, 4) is 22.9 Å². The Morgan fingerprint density at radius 3 is 2.65 bits per heavy atom. The van der Waals surface area contributed by atoms with Crippen LogP contribution in [0, 0.1) is 5.82 Å². The Balaban J connectivity index is 1.51. The molecule has 4 aromatic rings. The quantitative estimate of drug-likeness (QED) is 0.467. The van der Waals surface area contributed by atoms with Crippen molar-refractivity contribution < 1.29 is 23.8 Å². The third kappa shape index (κ3) is 3.23. The van der Waals surface area contributed by atoms with E-state index < -0.39 is 28.6 Å². The van der Waals surface area contributed by atoms with Crippen LogP contribution in [0.15, 0.2) is 53.5 Å². The van der Waals surface area contributed by atoms with Crippen molar-refractivity contribution in [1.29, 1.82) is 0 Å². The molecule has 1 aliphatic rings. The first-order valence-electron chi connectivity index (χ1n) is 9.31. The molecule has 3 heterocycles. The van der Waals surface area contributed by atoms with Gasteiger partial charge in [-0.2, -0.15) is 5.10 Å². The summed E-state index contributed by atoms with van der Waals surface area (Å²) in [5.74, 6) is -0.707. The Bertz CT molecular complexity index is 1380. The van der Waals surface area contributed by atoms with Gasteiger partial charge in [0.2, 0.25) is 0 Å². The number of ether oxygens (including phenoxy) is 2. The van der Waals surface area contributed by atoms with Gasteiger partial charge in [-0.05, 0) is 36.4 Å². The number of aromatic nitrogens is 3. The van der Waals surface area contributed by atoms with Crippen molar-refractivity contribution in [3.63, 3.8) is 0 Å². The summed E-state index contributed by atoms with van der Waals surface area (Å²) in [5, 5.41) is 17.5. The number of nitrogens with zero attached hydrogens (tertiary/aromatic N) is 2. The number of halogens is 1. The fourth-order valence-electron chi connectivity index (χ4n) is 3.36. The summed E-state index contributed by atoms with van der Waals surface area (Å²) in [6.45, 7) is 0.827. The summed E-state index contributed by atoms with van der Waals surface area (Å²) in [7, 11) is 0. The molecule has 0 bridgehead atoms. The van der Waals surface area contributed by atoms with Gasteiger partial charge in [0.25, 0.3) is 11.5 Å². The molecule has 156 valence electrons. The second-order valence-electron chi connectivity index (χ2n) is 6.79. The maximum absolute atomic E-state index is 13.2. The number of aromatic amines is 1. The van der Waals surface area contributed by atoms with Crippen molar-refractivity contribution in [2.75, 3.05) is 18.5 Å². The predicted octanol–water partition coefficient (Wildman–Crippen LogP) is 2.58. The molecule has 0 saturated heterocycles. The third-order valence-corrected chi connectivity index (χ3v) is 4.82. The van der Waals surface area contributed by atoms with Gasteiger partial charge in [-0.3, -0.25) is 9.59 Å². The molecule has 2 aromatic carbocycles. The molecule has 0 atom stereocenters. The van der Waals surface area contributed by atoms with Crippen molar-refractivity contribution in [2.24, 2.45) is 0 Å². The van der Waals surface area contributed by atoms with Crippen molar-refractivity contribution in [3.05, 3.63) is 70.4 Å². The van der Waals surface area contributed by atoms with Crippen LogP contribution in [-0.4, -0.2) is 39.0 Å². The Morgan fingerprint density at radius 2 is 1.87 bits per heavy atom. The summed E-state index contributed by atoms with van der Waals surface area (Å²) in [6.07, 6.45) is 1.31. The molecule has 3 N–H and O–H groups in total. The topological polar surface area (TPSA) is 118 Å². The third-order valence-electron chi connectivity index (χ3n) is 4.82. The molecule has 10 heteroatoms. The molecule has 0 fully saturated rings. The van der Waals surface area contributed by atoms with Crippen LogP contribution in [0.5, 0.6) is 17.2 Å². The van der Waals surface area contributed by atoms with Crippen LogP contribution in [0.2, 0.25) is 0 Å². The molecule has 0 radical (unpaired) electrons. The first-order chi connectivity index (χ1) is 15.0. The number of anilines is 1. The second kappa shape index (κ2) is 7.17. The lowest BCUT2D eigenvalue weighted by Crippen LogP contribution is -2.24. The van der Waals surface area contributed by atoms with E-state index in [0.717, 1.165) is 0 Å². The number of carbonyl (C=O) groups is 1. The maximum atomic E-state index is 13.2. The minimum atomic E-state index is -0.802. The van der Waals surface area contributed by atoms with E-state index in [1.54, 1.807) is 18.2 Å². The highest BCUT2D eigenvalue weighted by Crippen LogP contribution is 2.33. The highest BCUT2D eigenvalue weighted by Gasteiger charge is 2.22. The zero-order chi connectivity index (χ0) is 21.5. The average molecular weight is 422 g/mol. The van der Waals surface area contributed by atoms with Gasteiger partial charge in [0.1, 0.15) is 36.0 Å². The van der Waals surface area contributed by atoms with Crippen molar-refractivity contribution in [2.45, 2.75) is 0 Å². The van der Waals surface area contributed by atoms with E-state index in [1.165, 1.54) is 35.1 Å². The number of fused-ring (bicyclic) bond motifs is 2. The lowest BCUT2D eigenvalue weighted by atomic mass is 10.2. The maximum Gasteiger partial charge on any atom is 0.266 e. The number of amides is 1. The Kier molecular flexibility index (Phi) is 4.32. The largest absolute Gasteiger partial charge is 0.506 e. The van der Waals surface area contributed by atoms with E-state index >= 15 is 0 Å². The Labute approximate surface area is 173 Å². The number of hydrogen-bond donors (Lipinski definition) is 3. The standard InChI is InChI=1S/C21H15FN4O5/c22-11-1-4-13(5-2-11)26-19-14(10-23-26)18(27)17(21(29)25-19)20(28)24-12-3-6-15-16(9-12)31-8-7-30-15/h1-6,9-10H,7-8H2,(H,24,28)(H2,25,27,29). The van der Waals surface area contributed by atoms with E-state index in [4.69, 9.17) is 9.47 Å². The molecule has 0 unspecified atom stereocenters. The van der Waals surface area contributed by atoms with Gasteiger partial charge in [0, 0.05) is 11.8 Å². The van der Waals surface area contributed by atoms with Crippen LogP contribution >= 0.6 is 0 Å². The van der Waals surface area contributed by atoms with Crippen molar-refractivity contribution in [1.82, 2.24) is 14.8 Å². The van der Waals surface area contributed by atoms with Gasteiger partial charge >= 0.3 is 0 Å². The van der Waals surface area contributed by atoms with Crippen LogP contribution in [-0.2, 0) is 0 Å². The van der Waals surface area contributed by atoms with Gasteiger partial charge < -0.3 is 24.9 Å². The lowest BCUT2D eigenvalue weighted by molar-refractivity contribution is 0.102. The molecular formula is C21H15FN4O5. The van der Waals surface area contributed by atoms with Gasteiger partial charge in [0.15, 0.2) is 11.5 Å². The van der Waals surface area contributed by atoms with Crippen LogP contribution in [0.1, 0.15) is 10.4 Å². The summed E-state index contributed by atoms with van der Waals surface area (Å²) in [6, 6.07) is 10.2.